The van der Waals surface area contributed by atoms with E-state index in [2.05, 4.69) is 20.2 Å². The Morgan fingerprint density at radius 3 is 2.83 bits per heavy atom. The Labute approximate surface area is 105 Å². The highest BCUT2D eigenvalue weighted by molar-refractivity contribution is 7.89. The summed E-state index contributed by atoms with van der Waals surface area (Å²) in [6.07, 6.45) is 1.59. The molecule has 0 saturated heterocycles. The van der Waals surface area contributed by atoms with Crippen molar-refractivity contribution < 1.29 is 8.42 Å². The van der Waals surface area contributed by atoms with Crippen LogP contribution in [0.4, 0.5) is 5.69 Å². The number of sulfonamides is 1. The van der Waals surface area contributed by atoms with Crippen molar-refractivity contribution in [2.75, 3.05) is 24.7 Å². The zero-order valence-electron chi connectivity index (χ0n) is 9.92. The molecule has 1 aromatic heterocycles. The van der Waals surface area contributed by atoms with E-state index >= 15 is 0 Å². The fourth-order valence-corrected chi connectivity index (χ4v) is 2.14. The second-order valence-electron chi connectivity index (χ2n) is 3.73. The monoisotopic (exact) mass is 266 g/mol. The van der Waals surface area contributed by atoms with Crippen molar-refractivity contribution in [3.63, 3.8) is 0 Å². The predicted molar refractivity (Wildman–Crippen MR) is 70.9 cm³/mol. The molecule has 1 heterocycles. The van der Waals surface area contributed by atoms with Crippen LogP contribution in [0.2, 0.25) is 0 Å². The van der Waals surface area contributed by atoms with E-state index < -0.39 is 10.0 Å². The second-order valence-corrected chi connectivity index (χ2v) is 5.77. The molecule has 6 nitrogen and oxygen atoms in total. The lowest BCUT2D eigenvalue weighted by Crippen LogP contribution is -2.26. The first-order valence-corrected chi connectivity index (χ1v) is 7.13. The van der Waals surface area contributed by atoms with Crippen molar-refractivity contribution in [2.45, 2.75) is 0 Å². The largest absolute Gasteiger partial charge is 0.382 e. The fourth-order valence-electron chi connectivity index (χ4n) is 1.57. The quantitative estimate of drug-likeness (QED) is 0.827. The molecule has 0 aliphatic rings. The lowest BCUT2D eigenvalue weighted by atomic mass is 10.2. The maximum absolute atomic E-state index is 11.3. The molecule has 0 bridgehead atoms. The van der Waals surface area contributed by atoms with Crippen LogP contribution in [0.1, 0.15) is 0 Å². The fraction of sp³-hybridized carbons (Fsp3) is 0.273. The van der Waals surface area contributed by atoms with Gasteiger partial charge in [-0.25, -0.2) is 13.1 Å². The summed E-state index contributed by atoms with van der Waals surface area (Å²) in [5.74, 6) is 0.0140. The van der Waals surface area contributed by atoms with E-state index in [1.54, 1.807) is 6.20 Å². The highest BCUT2D eigenvalue weighted by Gasteiger charge is 2.07. The van der Waals surface area contributed by atoms with E-state index in [9.17, 15) is 8.42 Å². The molecular formula is C11H14N4O2S. The van der Waals surface area contributed by atoms with Gasteiger partial charge in [-0.1, -0.05) is 18.2 Å². The standard InChI is InChI=1S/C11H14N4O2S/c1-12-18(16,17)7-6-13-11-8-14-15-10-5-3-2-4-9(10)11/h2-5,8,12H,6-7H2,1H3,(H,13,15). The first kappa shape index (κ1) is 12.7. The molecule has 96 valence electrons. The van der Waals surface area contributed by atoms with E-state index in [0.29, 0.717) is 6.54 Å². The van der Waals surface area contributed by atoms with Gasteiger partial charge in [-0.2, -0.15) is 10.2 Å². The third-order valence-corrected chi connectivity index (χ3v) is 3.91. The number of anilines is 1. The molecule has 0 atom stereocenters. The van der Waals surface area contributed by atoms with Crippen LogP contribution in [-0.4, -0.2) is 38.0 Å². The predicted octanol–water partition coefficient (Wildman–Crippen LogP) is 0.591. The number of rotatable bonds is 5. The number of nitrogens with zero attached hydrogens (tertiary/aromatic N) is 2. The summed E-state index contributed by atoms with van der Waals surface area (Å²) in [7, 11) is -1.79. The Bertz CT molecular complexity index is 637. The number of nitrogens with one attached hydrogen (secondary N) is 2. The Kier molecular flexibility index (Phi) is 3.73. The highest BCUT2D eigenvalue weighted by atomic mass is 32.2. The zero-order chi connectivity index (χ0) is 13.0. The van der Waals surface area contributed by atoms with E-state index in [1.165, 1.54) is 7.05 Å². The zero-order valence-corrected chi connectivity index (χ0v) is 10.7. The van der Waals surface area contributed by atoms with Crippen LogP contribution in [0.3, 0.4) is 0 Å². The Morgan fingerprint density at radius 2 is 2.06 bits per heavy atom. The van der Waals surface area contributed by atoms with Gasteiger partial charge in [0.15, 0.2) is 0 Å². The van der Waals surface area contributed by atoms with Gasteiger partial charge in [0.05, 0.1) is 23.2 Å². The molecule has 7 heteroatoms. The molecule has 2 N–H and O–H groups in total. The van der Waals surface area contributed by atoms with Crippen molar-refractivity contribution in [1.29, 1.82) is 0 Å². The molecule has 2 rings (SSSR count). The summed E-state index contributed by atoms with van der Waals surface area (Å²) in [6.45, 7) is 0.318. The Balaban J connectivity index is 2.13. The number of aromatic nitrogens is 2. The van der Waals surface area contributed by atoms with Crippen molar-refractivity contribution in [1.82, 2.24) is 14.9 Å². The van der Waals surface area contributed by atoms with Crippen molar-refractivity contribution in [3.8, 4) is 0 Å². The lowest BCUT2D eigenvalue weighted by molar-refractivity contribution is 0.588. The molecule has 18 heavy (non-hydrogen) atoms. The van der Waals surface area contributed by atoms with Gasteiger partial charge in [0.2, 0.25) is 10.0 Å². The van der Waals surface area contributed by atoms with E-state index in [1.807, 2.05) is 24.3 Å². The average molecular weight is 266 g/mol. The number of hydrogen-bond acceptors (Lipinski definition) is 5. The molecule has 2 aromatic rings. The van der Waals surface area contributed by atoms with Gasteiger partial charge in [-0.15, -0.1) is 0 Å². The molecule has 0 saturated carbocycles. The van der Waals surface area contributed by atoms with Crippen LogP contribution >= 0.6 is 0 Å². The van der Waals surface area contributed by atoms with E-state index in [4.69, 9.17) is 0 Å². The van der Waals surface area contributed by atoms with E-state index in [0.717, 1.165) is 16.6 Å². The maximum atomic E-state index is 11.3. The minimum Gasteiger partial charge on any atom is -0.382 e. The van der Waals surface area contributed by atoms with E-state index in [-0.39, 0.29) is 5.75 Å². The van der Waals surface area contributed by atoms with Gasteiger partial charge in [-0.05, 0) is 13.1 Å². The smallest absolute Gasteiger partial charge is 0.213 e. The topological polar surface area (TPSA) is 84.0 Å². The second kappa shape index (κ2) is 5.28. The van der Waals surface area contributed by atoms with Crippen molar-refractivity contribution in [3.05, 3.63) is 30.5 Å². The third-order valence-electron chi connectivity index (χ3n) is 2.54. The van der Waals surface area contributed by atoms with Crippen LogP contribution < -0.4 is 10.0 Å². The molecule has 0 amide bonds. The van der Waals surface area contributed by atoms with Crippen LogP contribution in [0.25, 0.3) is 10.9 Å². The SMILES string of the molecule is CNS(=O)(=O)CCNc1cnnc2ccccc12. The molecule has 1 aromatic carbocycles. The summed E-state index contributed by atoms with van der Waals surface area (Å²) < 4.78 is 24.8. The summed E-state index contributed by atoms with van der Waals surface area (Å²) in [6, 6.07) is 7.56. The van der Waals surface area contributed by atoms with Gasteiger partial charge in [0.1, 0.15) is 0 Å². The molecule has 0 radical (unpaired) electrons. The first-order chi connectivity index (χ1) is 8.62. The summed E-state index contributed by atoms with van der Waals surface area (Å²) in [5.41, 5.74) is 1.56. The number of fused-ring (bicyclic) bond motifs is 1. The first-order valence-electron chi connectivity index (χ1n) is 5.48. The van der Waals surface area contributed by atoms with Gasteiger partial charge < -0.3 is 5.32 Å². The van der Waals surface area contributed by atoms with Gasteiger partial charge in [0.25, 0.3) is 0 Å². The summed E-state index contributed by atoms with van der Waals surface area (Å²) >= 11 is 0. The minimum atomic E-state index is -3.19. The average Bonchev–Trinajstić information content (AvgIpc) is 2.39. The molecule has 0 aliphatic heterocycles. The van der Waals surface area contributed by atoms with Crippen LogP contribution in [0, 0.1) is 0 Å². The Hall–Kier alpha value is -1.73. The van der Waals surface area contributed by atoms with Crippen LogP contribution in [-0.2, 0) is 10.0 Å². The molecule has 0 spiro atoms. The highest BCUT2D eigenvalue weighted by Crippen LogP contribution is 2.19. The number of benzene rings is 1. The van der Waals surface area contributed by atoms with Gasteiger partial charge >= 0.3 is 0 Å². The number of hydrogen-bond donors (Lipinski definition) is 2. The third kappa shape index (κ3) is 2.93. The summed E-state index contributed by atoms with van der Waals surface area (Å²) in [4.78, 5) is 0. The maximum Gasteiger partial charge on any atom is 0.213 e. The molecule has 0 unspecified atom stereocenters. The van der Waals surface area contributed by atoms with Crippen LogP contribution in [0.5, 0.6) is 0 Å². The molecule has 0 fully saturated rings. The van der Waals surface area contributed by atoms with Crippen molar-refractivity contribution >= 4 is 26.6 Å². The van der Waals surface area contributed by atoms with Crippen LogP contribution in [0.15, 0.2) is 30.5 Å². The van der Waals surface area contributed by atoms with Crippen molar-refractivity contribution in [2.24, 2.45) is 0 Å². The molecular weight excluding hydrogens is 252 g/mol. The lowest BCUT2D eigenvalue weighted by Gasteiger charge is -2.08. The normalized spacial score (nSPS) is 11.6. The van der Waals surface area contributed by atoms with Gasteiger partial charge in [-0.3, -0.25) is 0 Å². The Morgan fingerprint density at radius 1 is 1.28 bits per heavy atom. The van der Waals surface area contributed by atoms with Gasteiger partial charge in [0, 0.05) is 11.9 Å². The molecule has 0 aliphatic carbocycles. The summed E-state index contributed by atoms with van der Waals surface area (Å²) in [5, 5.41) is 11.8. The minimum absolute atomic E-state index is 0.0140.